The fraction of sp³-hybridized carbons (Fsp3) is 0.0769. The molecular formula is C26H20AuCl2F6P. The summed E-state index contributed by atoms with van der Waals surface area (Å²) in [5, 5.41) is 5.55. The zero-order valence-electron chi connectivity index (χ0n) is 18.3. The number of alkyl halides is 6. The summed E-state index contributed by atoms with van der Waals surface area (Å²) in [7, 11) is 6.45. The molecule has 0 aliphatic carbocycles. The van der Waals surface area contributed by atoms with E-state index in [1.165, 1.54) is 21.2 Å². The number of benzene rings is 4. The Hall–Kier alpha value is -1.79. The Labute approximate surface area is 217 Å². The molecule has 196 valence electrons. The number of halogens is 8. The molecule has 0 saturated carbocycles. The molecule has 0 amide bonds. The quantitative estimate of drug-likeness (QED) is 0.114. The van der Waals surface area contributed by atoms with Crippen molar-refractivity contribution in [1.29, 1.82) is 0 Å². The van der Waals surface area contributed by atoms with E-state index in [9.17, 15) is 26.3 Å². The Morgan fingerprint density at radius 1 is 0.417 bits per heavy atom. The van der Waals surface area contributed by atoms with E-state index in [4.69, 9.17) is 0 Å². The number of hydrogen-bond donors (Lipinski definition) is 0. The average molecular weight is 745 g/mol. The molecule has 0 aliphatic rings. The molecule has 0 nitrogen and oxygen atoms in total. The minimum Gasteiger partial charge on any atom is -0.0620 e. The van der Waals surface area contributed by atoms with Gasteiger partial charge in [-0.05, 0) is 48.5 Å². The molecule has 0 saturated heterocycles. The van der Waals surface area contributed by atoms with E-state index >= 15 is 0 Å². The molecule has 0 bridgehead atoms. The molecule has 4 aromatic rings. The standard InChI is InChI=1S/C24H20P.2CF3.Au.2ClH/c1-5-13-21(14-6-1)25(22-15-7-2-8-16-22,23-17-9-3-10-18-23)24-19-11-4-12-20-24;2*2-1(3)4;;;/h1-20H;;;;2*1H/q+1;;;+1;;/p-2. The van der Waals surface area contributed by atoms with Gasteiger partial charge in [0.05, 0.1) is 0 Å². The van der Waals surface area contributed by atoms with Crippen molar-refractivity contribution in [2.75, 3.05) is 0 Å². The maximum absolute atomic E-state index is 11.4. The van der Waals surface area contributed by atoms with Crippen molar-refractivity contribution >= 4 is 46.9 Å². The van der Waals surface area contributed by atoms with Gasteiger partial charge in [0.1, 0.15) is 28.5 Å². The maximum atomic E-state index is 11.4. The third kappa shape index (κ3) is 6.02. The van der Waals surface area contributed by atoms with Gasteiger partial charge in [0, 0.05) is 0 Å². The van der Waals surface area contributed by atoms with Crippen LogP contribution >= 0.6 is 25.6 Å². The van der Waals surface area contributed by atoms with E-state index in [-0.39, 0.29) is 0 Å². The largest absolute Gasteiger partial charge is 0.144 e. The smallest absolute Gasteiger partial charge is 0.0620 e. The van der Waals surface area contributed by atoms with E-state index in [0.29, 0.717) is 0 Å². The molecule has 0 atom stereocenters. The van der Waals surface area contributed by atoms with Gasteiger partial charge in [-0.3, -0.25) is 0 Å². The van der Waals surface area contributed by atoms with E-state index in [0.717, 1.165) is 0 Å². The van der Waals surface area contributed by atoms with E-state index in [1.54, 1.807) is 0 Å². The van der Waals surface area contributed by atoms with Crippen LogP contribution in [-0.4, -0.2) is 8.79 Å². The van der Waals surface area contributed by atoms with Crippen molar-refractivity contribution in [2.24, 2.45) is 0 Å². The van der Waals surface area contributed by atoms with Crippen LogP contribution in [0.2, 0.25) is 0 Å². The summed E-state index contributed by atoms with van der Waals surface area (Å²) in [5.41, 5.74) is 0. The van der Waals surface area contributed by atoms with Gasteiger partial charge in [0.25, 0.3) is 0 Å². The fourth-order valence-corrected chi connectivity index (χ4v) is 8.56. The third-order valence-electron chi connectivity index (χ3n) is 5.00. The van der Waals surface area contributed by atoms with Crippen molar-refractivity contribution < 1.29 is 41.3 Å². The molecule has 0 aromatic heterocycles. The predicted octanol–water partition coefficient (Wildman–Crippen LogP) is 7.79. The van der Waals surface area contributed by atoms with Crippen LogP contribution in [-0.2, 0) is 15.0 Å². The summed E-state index contributed by atoms with van der Waals surface area (Å²) < 4.78 is 57.5. The second-order valence-corrected chi connectivity index (χ2v) is 22.0. The minimum atomic E-state index is -6.53. The molecule has 0 unspecified atom stereocenters. The molecule has 0 aliphatic heterocycles. The van der Waals surface area contributed by atoms with Crippen LogP contribution in [0.5, 0.6) is 0 Å². The molecule has 0 radical (unpaired) electrons. The van der Waals surface area contributed by atoms with Crippen molar-refractivity contribution in [2.45, 2.75) is 8.79 Å². The first kappa shape index (κ1) is 28.8. The van der Waals surface area contributed by atoms with Gasteiger partial charge in [0.15, 0.2) is 0 Å². The number of hydrogen-bond acceptors (Lipinski definition) is 0. The first-order valence-corrected chi connectivity index (χ1v) is 19.5. The predicted molar refractivity (Wildman–Crippen MR) is 135 cm³/mol. The molecule has 0 fully saturated rings. The second-order valence-electron chi connectivity index (χ2n) is 7.13. The van der Waals surface area contributed by atoms with Crippen LogP contribution in [0.1, 0.15) is 0 Å². The summed E-state index contributed by atoms with van der Waals surface area (Å²) in [6.45, 7) is 0. The Morgan fingerprint density at radius 2 is 0.611 bits per heavy atom. The number of rotatable bonds is 4. The van der Waals surface area contributed by atoms with Crippen LogP contribution in [0, 0.1) is 0 Å². The normalized spacial score (nSPS) is 12.9. The Bertz CT molecular complexity index is 1040. The first-order valence-electron chi connectivity index (χ1n) is 10.2. The molecule has 4 aromatic carbocycles. The Balaban J connectivity index is 0.000000280. The van der Waals surface area contributed by atoms with E-state index in [1.807, 2.05) is 0 Å². The summed E-state index contributed by atoms with van der Waals surface area (Å²) in [6.07, 6.45) is 0. The van der Waals surface area contributed by atoms with Crippen molar-refractivity contribution in [1.82, 2.24) is 0 Å². The van der Waals surface area contributed by atoms with Gasteiger partial charge in [-0.1, -0.05) is 72.8 Å². The zero-order chi connectivity index (χ0) is 26.5. The Morgan fingerprint density at radius 3 is 0.750 bits per heavy atom. The van der Waals surface area contributed by atoms with Crippen molar-refractivity contribution in [3.63, 3.8) is 0 Å². The summed E-state index contributed by atoms with van der Waals surface area (Å²) in [4.78, 5) is 0. The third-order valence-corrected chi connectivity index (χ3v) is 16.6. The van der Waals surface area contributed by atoms with Crippen LogP contribution in [0.3, 0.4) is 0 Å². The molecular weight excluding hydrogens is 725 g/mol. The molecule has 0 spiro atoms. The van der Waals surface area contributed by atoms with Gasteiger partial charge in [0.2, 0.25) is 0 Å². The van der Waals surface area contributed by atoms with Crippen molar-refractivity contribution in [3.05, 3.63) is 121 Å². The van der Waals surface area contributed by atoms with Gasteiger partial charge in [-0.25, -0.2) is 0 Å². The molecule has 4 rings (SSSR count). The Kier molecular flexibility index (Phi) is 9.37. The van der Waals surface area contributed by atoms with E-state index < -0.39 is 31.0 Å². The summed E-state index contributed by atoms with van der Waals surface area (Å²) in [5.74, 6) is 0. The van der Waals surface area contributed by atoms with Crippen molar-refractivity contribution in [3.8, 4) is 0 Å². The molecule has 36 heavy (non-hydrogen) atoms. The fourth-order valence-electron chi connectivity index (χ4n) is 3.60. The topological polar surface area (TPSA) is 0 Å². The summed E-state index contributed by atoms with van der Waals surface area (Å²) in [6, 6.07) is 43.8. The second kappa shape index (κ2) is 11.7. The van der Waals surface area contributed by atoms with Gasteiger partial charge >= 0.3 is 68.5 Å². The van der Waals surface area contributed by atoms with Crippen LogP contribution in [0.25, 0.3) is 0 Å². The van der Waals surface area contributed by atoms with Gasteiger partial charge < -0.3 is 0 Å². The van der Waals surface area contributed by atoms with Crippen LogP contribution < -0.4 is 21.2 Å². The SMILES string of the molecule is F[C](F)(F)[Au-]([Cl])([Cl])[C](F)(F)F.c1ccc([P+](c2ccccc2)(c2ccccc2)c2ccccc2)cc1. The molecule has 0 heterocycles. The van der Waals surface area contributed by atoms with Gasteiger partial charge in [-0.15, -0.1) is 0 Å². The average Bonchev–Trinajstić information content (AvgIpc) is 2.86. The maximum Gasteiger partial charge on any atom is 0.144 e. The first-order chi connectivity index (χ1) is 16.9. The minimum absolute atomic E-state index is 1.39. The van der Waals surface area contributed by atoms with Gasteiger partial charge in [-0.2, -0.15) is 0 Å². The monoisotopic (exact) mass is 744 g/mol. The molecule has 10 heteroatoms. The van der Waals surface area contributed by atoms with E-state index in [2.05, 4.69) is 140 Å². The summed E-state index contributed by atoms with van der Waals surface area (Å²) >= 11 is -6.53. The van der Waals surface area contributed by atoms with Crippen LogP contribution in [0.4, 0.5) is 26.3 Å². The zero-order valence-corrected chi connectivity index (χ0v) is 22.9. The van der Waals surface area contributed by atoms with Crippen LogP contribution in [0.15, 0.2) is 121 Å². The molecule has 0 N–H and O–H groups in total.